The van der Waals surface area contributed by atoms with Crippen LogP contribution in [0.1, 0.15) is 97.3 Å². The summed E-state index contributed by atoms with van der Waals surface area (Å²) in [6, 6.07) is 8.01. The van der Waals surface area contributed by atoms with E-state index >= 15 is 0 Å². The van der Waals surface area contributed by atoms with E-state index in [0.29, 0.717) is 0 Å². The van der Waals surface area contributed by atoms with Gasteiger partial charge in [-0.1, -0.05) is 57.7 Å². The first-order valence-electron chi connectivity index (χ1n) is 12.4. The number of benzene rings is 1. The second kappa shape index (κ2) is 20.6. The van der Waals surface area contributed by atoms with E-state index in [1.54, 1.807) is 6.20 Å². The number of aryl methyl sites for hydroxylation is 2. The second-order valence-electron chi connectivity index (χ2n) is 8.00. The largest absolute Gasteiger partial charge is 0.262 e. The van der Waals surface area contributed by atoms with E-state index < -0.39 is 0 Å². The van der Waals surface area contributed by atoms with E-state index in [1.807, 2.05) is 66.0 Å². The molecule has 3 heteroatoms. The van der Waals surface area contributed by atoms with Gasteiger partial charge in [-0.3, -0.25) is 9.98 Å². The quantitative estimate of drug-likeness (QED) is 0.402. The SMILES string of the molecule is C=C(C)N=C/C(=C\C)CC.C=CN=C(C)C1=C(C)CCCC1.CC.Cc1ccc(C)c(C#N)c1. The van der Waals surface area contributed by atoms with Crippen LogP contribution < -0.4 is 0 Å². The van der Waals surface area contributed by atoms with E-state index in [4.69, 9.17) is 5.26 Å². The standard InChI is InChI=1S/C11H17N.C9H9N.C9H15N.C2H6/c1-4-12-10(3)11-8-6-5-7-9(11)2;1-7-3-4-8(2)9(5-7)6-10;1-5-9(6-2)7-10-8(3)4;1-2/h4H,1,5-8H2,2-3H3;3-5H,1-2H3;5,7H,3,6H2,1-2,4H3;1-2H3/b;;9-5-,10-7?;. The number of nitriles is 1. The molecular weight excluding hydrogens is 414 g/mol. The van der Waals surface area contributed by atoms with Crippen molar-refractivity contribution >= 4 is 11.9 Å². The molecular formula is C31H47N3. The molecule has 0 spiro atoms. The minimum atomic E-state index is 0.778. The summed E-state index contributed by atoms with van der Waals surface area (Å²) in [5.74, 6) is 0. The Morgan fingerprint density at radius 1 is 1.12 bits per heavy atom. The highest BCUT2D eigenvalue weighted by atomic mass is 14.7. The number of rotatable bonds is 5. The van der Waals surface area contributed by atoms with Gasteiger partial charge in [-0.25, -0.2) is 0 Å². The third-order valence-corrected chi connectivity index (χ3v) is 5.21. The third kappa shape index (κ3) is 15.0. The van der Waals surface area contributed by atoms with Crippen molar-refractivity contribution in [1.29, 1.82) is 5.26 Å². The van der Waals surface area contributed by atoms with Gasteiger partial charge in [0.05, 0.1) is 11.6 Å². The molecule has 0 amide bonds. The zero-order valence-corrected chi connectivity index (χ0v) is 23.3. The summed E-state index contributed by atoms with van der Waals surface area (Å²) in [6.07, 6.45) is 11.7. The van der Waals surface area contributed by atoms with Crippen LogP contribution >= 0.6 is 0 Å². The molecule has 2 rings (SSSR count). The number of hydrogen-bond acceptors (Lipinski definition) is 3. The molecule has 0 atom stereocenters. The van der Waals surface area contributed by atoms with Gasteiger partial charge in [0.25, 0.3) is 0 Å². The van der Waals surface area contributed by atoms with Crippen LogP contribution in [-0.2, 0) is 0 Å². The van der Waals surface area contributed by atoms with Crippen LogP contribution in [0.4, 0.5) is 0 Å². The molecule has 1 aliphatic carbocycles. The average Bonchev–Trinajstić information content (AvgIpc) is 2.83. The van der Waals surface area contributed by atoms with E-state index in [9.17, 15) is 0 Å². The van der Waals surface area contributed by atoms with Crippen LogP contribution in [-0.4, -0.2) is 11.9 Å². The van der Waals surface area contributed by atoms with Gasteiger partial charge in [0.15, 0.2) is 0 Å². The number of allylic oxidation sites excluding steroid dienone is 5. The molecule has 186 valence electrons. The van der Waals surface area contributed by atoms with Gasteiger partial charge in [-0.2, -0.15) is 5.26 Å². The van der Waals surface area contributed by atoms with Gasteiger partial charge in [0.1, 0.15) is 0 Å². The average molecular weight is 462 g/mol. The lowest BCUT2D eigenvalue weighted by atomic mass is 9.90. The van der Waals surface area contributed by atoms with Gasteiger partial charge < -0.3 is 0 Å². The zero-order valence-electron chi connectivity index (χ0n) is 23.3. The van der Waals surface area contributed by atoms with Gasteiger partial charge in [0, 0.05) is 23.8 Å². The fourth-order valence-electron chi connectivity index (χ4n) is 3.18. The van der Waals surface area contributed by atoms with Crippen LogP contribution in [0.2, 0.25) is 0 Å². The van der Waals surface area contributed by atoms with Crippen LogP contribution in [0.5, 0.6) is 0 Å². The van der Waals surface area contributed by atoms with Crippen molar-refractivity contribution in [2.45, 2.75) is 94.4 Å². The molecule has 0 heterocycles. The van der Waals surface area contributed by atoms with Gasteiger partial charge in [0.2, 0.25) is 0 Å². The van der Waals surface area contributed by atoms with Crippen molar-refractivity contribution in [2.24, 2.45) is 9.98 Å². The summed E-state index contributed by atoms with van der Waals surface area (Å²) < 4.78 is 0. The molecule has 0 fully saturated rings. The molecule has 0 bridgehead atoms. The molecule has 0 aromatic heterocycles. The first-order chi connectivity index (χ1) is 16.2. The smallest absolute Gasteiger partial charge is 0.0994 e. The van der Waals surface area contributed by atoms with Crippen molar-refractivity contribution in [3.8, 4) is 6.07 Å². The Kier molecular flexibility index (Phi) is 20.1. The third-order valence-electron chi connectivity index (χ3n) is 5.21. The summed E-state index contributed by atoms with van der Waals surface area (Å²) in [5, 5.41) is 8.59. The Balaban J connectivity index is 0. The molecule has 1 aromatic carbocycles. The summed E-state index contributed by atoms with van der Waals surface area (Å²) in [4.78, 5) is 8.30. The van der Waals surface area contributed by atoms with E-state index in [1.165, 1.54) is 42.4 Å². The second-order valence-corrected chi connectivity index (χ2v) is 8.00. The molecule has 0 N–H and O–H groups in total. The highest BCUT2D eigenvalue weighted by molar-refractivity contribution is 5.99. The molecule has 0 radical (unpaired) electrons. The monoisotopic (exact) mass is 461 g/mol. The number of nitrogens with zero attached hydrogens (tertiary/aromatic N) is 3. The summed E-state index contributed by atoms with van der Waals surface area (Å²) in [5.41, 5.74) is 9.21. The van der Waals surface area contributed by atoms with Crippen LogP contribution in [0.25, 0.3) is 0 Å². The van der Waals surface area contributed by atoms with Crippen molar-refractivity contribution in [3.05, 3.63) is 82.7 Å². The highest BCUT2D eigenvalue weighted by Gasteiger charge is 2.10. The summed E-state index contributed by atoms with van der Waals surface area (Å²) >= 11 is 0. The van der Waals surface area contributed by atoms with Crippen molar-refractivity contribution in [3.63, 3.8) is 0 Å². The molecule has 1 aliphatic rings. The van der Waals surface area contributed by atoms with Crippen molar-refractivity contribution < 1.29 is 0 Å². The predicted octanol–water partition coefficient (Wildman–Crippen LogP) is 9.63. The zero-order chi connectivity index (χ0) is 26.5. The minimum Gasteiger partial charge on any atom is -0.262 e. The van der Waals surface area contributed by atoms with E-state index in [0.717, 1.165) is 34.5 Å². The molecule has 3 nitrogen and oxygen atoms in total. The Labute approximate surface area is 210 Å². The lowest BCUT2D eigenvalue weighted by Crippen LogP contribution is -2.05. The van der Waals surface area contributed by atoms with E-state index in [2.05, 4.69) is 56.1 Å². The molecule has 0 saturated carbocycles. The Hall–Kier alpha value is -2.99. The van der Waals surface area contributed by atoms with Crippen LogP contribution in [0.3, 0.4) is 0 Å². The number of hydrogen-bond donors (Lipinski definition) is 0. The topological polar surface area (TPSA) is 48.5 Å². The fraction of sp³-hybridized carbons (Fsp3) is 0.452. The maximum atomic E-state index is 8.59. The van der Waals surface area contributed by atoms with Gasteiger partial charge in [-0.15, -0.1) is 0 Å². The molecule has 1 aromatic rings. The maximum Gasteiger partial charge on any atom is 0.0994 e. The lowest BCUT2D eigenvalue weighted by Gasteiger charge is -2.16. The van der Waals surface area contributed by atoms with Crippen molar-refractivity contribution in [2.75, 3.05) is 0 Å². The summed E-state index contributed by atoms with van der Waals surface area (Å²) in [6.45, 7) is 25.5. The first-order valence-corrected chi connectivity index (χ1v) is 12.4. The first kappa shape index (κ1) is 33.2. The molecule has 34 heavy (non-hydrogen) atoms. The highest BCUT2D eigenvalue weighted by Crippen LogP contribution is 2.25. The molecule has 0 aliphatic heterocycles. The van der Waals surface area contributed by atoms with Crippen LogP contribution in [0.15, 0.2) is 76.0 Å². The minimum absolute atomic E-state index is 0.778. The summed E-state index contributed by atoms with van der Waals surface area (Å²) in [7, 11) is 0. The fourth-order valence-corrected chi connectivity index (χ4v) is 3.18. The van der Waals surface area contributed by atoms with Crippen molar-refractivity contribution in [1.82, 2.24) is 0 Å². The van der Waals surface area contributed by atoms with E-state index in [-0.39, 0.29) is 0 Å². The Morgan fingerprint density at radius 3 is 2.18 bits per heavy atom. The van der Waals surface area contributed by atoms with Gasteiger partial charge >= 0.3 is 0 Å². The number of aliphatic imine (C=N–C) groups is 2. The normalized spacial score (nSPS) is 13.4. The van der Waals surface area contributed by atoms with Crippen LogP contribution in [0, 0.1) is 25.2 Å². The predicted molar refractivity (Wildman–Crippen MR) is 154 cm³/mol. The lowest BCUT2D eigenvalue weighted by molar-refractivity contribution is 0.688. The molecule has 0 saturated heterocycles. The Morgan fingerprint density at radius 2 is 1.74 bits per heavy atom. The Bertz CT molecular complexity index is 913. The molecule has 0 unspecified atom stereocenters. The maximum absolute atomic E-state index is 8.59. The van der Waals surface area contributed by atoms with Gasteiger partial charge in [-0.05, 0) is 102 Å².